The van der Waals surface area contributed by atoms with Crippen molar-refractivity contribution in [2.75, 3.05) is 13.7 Å². The van der Waals surface area contributed by atoms with Crippen LogP contribution < -0.4 is 10.6 Å². The van der Waals surface area contributed by atoms with Gasteiger partial charge in [0.25, 0.3) is 0 Å². The van der Waals surface area contributed by atoms with E-state index in [-0.39, 0.29) is 12.3 Å². The minimum absolute atomic E-state index is 0.218. The highest BCUT2D eigenvalue weighted by atomic mass is 16.6. The van der Waals surface area contributed by atoms with Crippen molar-refractivity contribution >= 4 is 34.6 Å². The first-order valence-electron chi connectivity index (χ1n) is 13.6. The van der Waals surface area contributed by atoms with Crippen LogP contribution in [0, 0.1) is 5.92 Å². The fourth-order valence-corrected chi connectivity index (χ4v) is 4.73. The summed E-state index contributed by atoms with van der Waals surface area (Å²) >= 11 is 0. The van der Waals surface area contributed by atoms with E-state index in [4.69, 9.17) is 9.47 Å². The molecule has 0 aromatic heterocycles. The van der Waals surface area contributed by atoms with Crippen molar-refractivity contribution in [1.29, 1.82) is 0 Å². The van der Waals surface area contributed by atoms with Crippen LogP contribution in [0.5, 0.6) is 0 Å². The smallest absolute Gasteiger partial charge is 0.410 e. The molecule has 39 heavy (non-hydrogen) atoms. The highest BCUT2D eigenvalue weighted by molar-refractivity contribution is 5.93. The lowest BCUT2D eigenvalue weighted by molar-refractivity contribution is -0.145. The molecule has 1 aliphatic heterocycles. The molecule has 3 amide bonds. The van der Waals surface area contributed by atoms with Gasteiger partial charge in [0.1, 0.15) is 23.7 Å². The van der Waals surface area contributed by atoms with Crippen molar-refractivity contribution in [3.8, 4) is 0 Å². The number of carbonyl (C=O) groups excluding carboxylic acids is 4. The van der Waals surface area contributed by atoms with Crippen LogP contribution in [0.15, 0.2) is 42.5 Å². The minimum Gasteiger partial charge on any atom is -0.467 e. The Bertz CT molecular complexity index is 1190. The van der Waals surface area contributed by atoms with E-state index in [0.29, 0.717) is 25.8 Å². The van der Waals surface area contributed by atoms with Gasteiger partial charge in [0.2, 0.25) is 11.8 Å². The number of benzene rings is 2. The van der Waals surface area contributed by atoms with Gasteiger partial charge in [-0.15, -0.1) is 0 Å². The highest BCUT2D eigenvalue weighted by Gasteiger charge is 2.39. The molecule has 1 fully saturated rings. The SMILES string of the molecule is CCC(C)[C@H](NC(=O)[C@@H]1CCCN1C(=O)OC(C)(C)C)C(=O)N[C@@H](Cc1ccc2ccccc2c1)C(=O)OC. The maximum atomic E-state index is 13.5. The Morgan fingerprint density at radius 2 is 1.74 bits per heavy atom. The van der Waals surface area contributed by atoms with Crippen molar-refractivity contribution in [2.24, 2.45) is 5.92 Å². The number of esters is 1. The number of hydrogen-bond acceptors (Lipinski definition) is 6. The van der Waals surface area contributed by atoms with Crippen molar-refractivity contribution in [2.45, 2.75) is 84.0 Å². The molecule has 2 aromatic carbocycles. The molecule has 2 aromatic rings. The van der Waals surface area contributed by atoms with Crippen LogP contribution in [-0.4, -0.2) is 66.2 Å². The molecule has 9 heteroatoms. The third kappa shape index (κ3) is 7.94. The molecule has 2 N–H and O–H groups in total. The maximum Gasteiger partial charge on any atom is 0.410 e. The van der Waals surface area contributed by atoms with Crippen molar-refractivity contribution in [1.82, 2.24) is 15.5 Å². The molecule has 0 saturated carbocycles. The molecule has 212 valence electrons. The van der Waals surface area contributed by atoms with E-state index < -0.39 is 47.6 Å². The number of carbonyl (C=O) groups is 4. The average Bonchev–Trinajstić information content (AvgIpc) is 3.40. The number of fused-ring (bicyclic) bond motifs is 1. The van der Waals surface area contributed by atoms with Gasteiger partial charge in [-0.1, -0.05) is 62.7 Å². The van der Waals surface area contributed by atoms with Gasteiger partial charge in [0.05, 0.1) is 7.11 Å². The fraction of sp³-hybridized carbons (Fsp3) is 0.533. The van der Waals surface area contributed by atoms with Crippen LogP contribution in [0.1, 0.15) is 59.4 Å². The van der Waals surface area contributed by atoms with E-state index in [1.165, 1.54) is 12.0 Å². The summed E-state index contributed by atoms with van der Waals surface area (Å²) in [6.07, 6.45) is 1.44. The average molecular weight is 540 g/mol. The van der Waals surface area contributed by atoms with Gasteiger partial charge < -0.3 is 20.1 Å². The van der Waals surface area contributed by atoms with Gasteiger partial charge in [0.15, 0.2) is 0 Å². The van der Waals surface area contributed by atoms with Crippen LogP contribution in [0.25, 0.3) is 10.8 Å². The summed E-state index contributed by atoms with van der Waals surface area (Å²) < 4.78 is 10.5. The molecule has 9 nitrogen and oxygen atoms in total. The molecule has 0 spiro atoms. The second-order valence-electron chi connectivity index (χ2n) is 11.2. The zero-order valence-corrected chi connectivity index (χ0v) is 23.8. The predicted octanol–water partition coefficient (Wildman–Crippen LogP) is 3.97. The van der Waals surface area contributed by atoms with E-state index in [1.54, 1.807) is 20.8 Å². The molecule has 0 aliphatic carbocycles. The normalized spacial score (nSPS) is 17.7. The Kier molecular flexibility index (Phi) is 9.94. The summed E-state index contributed by atoms with van der Waals surface area (Å²) in [6.45, 7) is 9.51. The van der Waals surface area contributed by atoms with Crippen LogP contribution in [0.3, 0.4) is 0 Å². The molecular formula is C30H41N3O6. The highest BCUT2D eigenvalue weighted by Crippen LogP contribution is 2.22. The number of likely N-dealkylation sites (tertiary alicyclic amines) is 1. The number of nitrogens with one attached hydrogen (secondary N) is 2. The molecule has 1 unspecified atom stereocenters. The van der Waals surface area contributed by atoms with Gasteiger partial charge in [-0.3, -0.25) is 14.5 Å². The number of ether oxygens (including phenoxy) is 2. The summed E-state index contributed by atoms with van der Waals surface area (Å²) in [7, 11) is 1.28. The zero-order valence-electron chi connectivity index (χ0n) is 23.8. The Balaban J connectivity index is 1.74. The van der Waals surface area contributed by atoms with Gasteiger partial charge in [-0.2, -0.15) is 0 Å². The second kappa shape index (κ2) is 13.0. The zero-order chi connectivity index (χ0) is 28.7. The number of nitrogens with zero attached hydrogens (tertiary/aromatic N) is 1. The number of rotatable bonds is 9. The largest absolute Gasteiger partial charge is 0.467 e. The lowest BCUT2D eigenvalue weighted by Gasteiger charge is -2.30. The van der Waals surface area contributed by atoms with E-state index in [9.17, 15) is 19.2 Å². The van der Waals surface area contributed by atoms with Crippen molar-refractivity contribution in [3.05, 3.63) is 48.0 Å². The van der Waals surface area contributed by atoms with Gasteiger partial charge >= 0.3 is 12.1 Å². The maximum absolute atomic E-state index is 13.5. The molecule has 1 aliphatic rings. The number of hydrogen-bond donors (Lipinski definition) is 2. The lowest BCUT2D eigenvalue weighted by Crippen LogP contribution is -2.57. The Hall–Kier alpha value is -3.62. The standard InChI is InChI=1S/C30H41N3O6/c1-7-19(2)25(32-26(34)24-13-10-16-33(24)29(37)39-30(3,4)5)27(35)31-23(28(36)38-6)18-20-14-15-21-11-8-9-12-22(21)17-20/h8-9,11-12,14-15,17,19,23-25H,7,10,13,16,18H2,1-6H3,(H,31,35)(H,32,34)/t19?,23-,24-,25-/m0/s1. The third-order valence-corrected chi connectivity index (χ3v) is 7.03. The van der Waals surface area contributed by atoms with Crippen molar-refractivity contribution < 1.29 is 28.7 Å². The fourth-order valence-electron chi connectivity index (χ4n) is 4.73. The monoisotopic (exact) mass is 539 g/mol. The molecule has 4 atom stereocenters. The summed E-state index contributed by atoms with van der Waals surface area (Å²) in [5.41, 5.74) is 0.181. The van der Waals surface area contributed by atoms with Crippen LogP contribution in [0.2, 0.25) is 0 Å². The van der Waals surface area contributed by atoms with Crippen LogP contribution in [0.4, 0.5) is 4.79 Å². The molecule has 0 bridgehead atoms. The summed E-state index contributed by atoms with van der Waals surface area (Å²) in [6, 6.07) is 11.2. The third-order valence-electron chi connectivity index (χ3n) is 7.03. The summed E-state index contributed by atoms with van der Waals surface area (Å²) in [5, 5.41) is 7.77. The molecule has 0 radical (unpaired) electrons. The van der Waals surface area contributed by atoms with Gasteiger partial charge in [0, 0.05) is 13.0 Å². The second-order valence-corrected chi connectivity index (χ2v) is 11.2. The molecule has 3 rings (SSSR count). The Morgan fingerprint density at radius 3 is 2.38 bits per heavy atom. The van der Waals surface area contributed by atoms with Gasteiger partial charge in [-0.25, -0.2) is 9.59 Å². The summed E-state index contributed by atoms with van der Waals surface area (Å²) in [4.78, 5) is 53.6. The first-order chi connectivity index (χ1) is 18.4. The summed E-state index contributed by atoms with van der Waals surface area (Å²) in [5.74, 6) is -1.68. The Labute approximate surface area is 230 Å². The molecular weight excluding hydrogens is 498 g/mol. The first kappa shape index (κ1) is 29.9. The number of amides is 3. The molecule has 1 saturated heterocycles. The topological polar surface area (TPSA) is 114 Å². The quantitative estimate of drug-likeness (QED) is 0.466. The lowest BCUT2D eigenvalue weighted by atomic mass is 9.96. The van der Waals surface area contributed by atoms with Gasteiger partial charge in [-0.05, 0) is 55.9 Å². The molecule has 1 heterocycles. The van der Waals surface area contributed by atoms with Crippen molar-refractivity contribution in [3.63, 3.8) is 0 Å². The van der Waals surface area contributed by atoms with Crippen LogP contribution in [-0.2, 0) is 30.3 Å². The predicted molar refractivity (Wildman–Crippen MR) is 149 cm³/mol. The van der Waals surface area contributed by atoms with E-state index in [1.807, 2.05) is 56.3 Å². The van der Waals surface area contributed by atoms with E-state index in [0.717, 1.165) is 16.3 Å². The number of methoxy groups -OCH3 is 1. The van der Waals surface area contributed by atoms with E-state index in [2.05, 4.69) is 10.6 Å². The minimum atomic E-state index is -0.933. The van der Waals surface area contributed by atoms with Crippen LogP contribution >= 0.6 is 0 Å². The Morgan fingerprint density at radius 1 is 1.05 bits per heavy atom. The first-order valence-corrected chi connectivity index (χ1v) is 13.6. The van der Waals surface area contributed by atoms with E-state index >= 15 is 0 Å².